The average Bonchev–Trinajstić information content (AvgIpc) is 3.02. The first-order valence-electron chi connectivity index (χ1n) is 6.55. The lowest BCUT2D eigenvalue weighted by Crippen LogP contribution is -2.10. The van der Waals surface area contributed by atoms with Crippen molar-refractivity contribution in [3.8, 4) is 10.4 Å². The van der Waals surface area contributed by atoms with Gasteiger partial charge in [-0.1, -0.05) is 41.9 Å². The fourth-order valence-electron chi connectivity index (χ4n) is 1.98. The summed E-state index contributed by atoms with van der Waals surface area (Å²) in [5.74, 6) is -0.753. The monoisotopic (exact) mass is 331 g/mol. The topological polar surface area (TPSA) is 29.1 Å². The Bertz CT molecular complexity index is 817. The number of hydrogen-bond acceptors (Lipinski definition) is 2. The van der Waals surface area contributed by atoms with Crippen LogP contribution in [0.1, 0.15) is 9.67 Å². The Morgan fingerprint density at radius 3 is 2.55 bits per heavy atom. The molecule has 1 aromatic heterocycles. The maximum Gasteiger partial charge on any atom is 0.265 e. The van der Waals surface area contributed by atoms with Gasteiger partial charge in [0.05, 0.1) is 9.90 Å². The first-order valence-corrected chi connectivity index (χ1v) is 7.74. The summed E-state index contributed by atoms with van der Waals surface area (Å²) in [5.41, 5.74) is 1.53. The number of hydrogen-bond donors (Lipinski definition) is 1. The summed E-state index contributed by atoms with van der Waals surface area (Å²) in [6, 6.07) is 17.6. The van der Waals surface area contributed by atoms with Crippen LogP contribution in [0.25, 0.3) is 10.4 Å². The molecule has 0 atom stereocenters. The second-order valence-electron chi connectivity index (χ2n) is 4.61. The van der Waals surface area contributed by atoms with E-state index in [9.17, 15) is 9.18 Å². The van der Waals surface area contributed by atoms with Crippen LogP contribution in [0, 0.1) is 5.82 Å². The zero-order valence-corrected chi connectivity index (χ0v) is 12.9. The number of rotatable bonds is 3. The van der Waals surface area contributed by atoms with Gasteiger partial charge in [0.2, 0.25) is 0 Å². The number of carbonyl (C=O) groups is 1. The lowest BCUT2D eigenvalue weighted by atomic mass is 10.2. The molecule has 0 saturated carbocycles. The standard InChI is InChI=1S/C17H11ClFNOS/c18-13-10-12(6-7-14(13)19)20-17(21)16-9-8-15(22-16)11-4-2-1-3-5-11/h1-10H,(H,20,21). The second-order valence-corrected chi connectivity index (χ2v) is 6.10. The van der Waals surface area contributed by atoms with E-state index in [0.717, 1.165) is 10.4 Å². The Labute approximate surface area is 136 Å². The normalized spacial score (nSPS) is 10.5. The van der Waals surface area contributed by atoms with Crippen LogP contribution in [0.2, 0.25) is 5.02 Å². The maximum absolute atomic E-state index is 13.1. The van der Waals surface area contributed by atoms with Crippen molar-refractivity contribution in [3.05, 3.63) is 76.4 Å². The molecule has 2 aromatic carbocycles. The van der Waals surface area contributed by atoms with E-state index in [-0.39, 0.29) is 10.9 Å². The van der Waals surface area contributed by atoms with E-state index in [0.29, 0.717) is 10.6 Å². The molecule has 0 aliphatic heterocycles. The first kappa shape index (κ1) is 14.8. The summed E-state index contributed by atoms with van der Waals surface area (Å²) < 4.78 is 13.1. The van der Waals surface area contributed by atoms with Gasteiger partial charge in [0.25, 0.3) is 5.91 Å². The molecule has 0 spiro atoms. The lowest BCUT2D eigenvalue weighted by Gasteiger charge is -2.04. The maximum atomic E-state index is 13.1. The molecule has 3 aromatic rings. The SMILES string of the molecule is O=C(Nc1ccc(F)c(Cl)c1)c1ccc(-c2ccccc2)s1. The quantitative estimate of drug-likeness (QED) is 0.678. The summed E-state index contributed by atoms with van der Waals surface area (Å²) in [7, 11) is 0. The van der Waals surface area contributed by atoms with Gasteiger partial charge >= 0.3 is 0 Å². The number of anilines is 1. The van der Waals surface area contributed by atoms with Crippen LogP contribution in [-0.2, 0) is 0 Å². The lowest BCUT2D eigenvalue weighted by molar-refractivity contribution is 0.103. The molecule has 2 nitrogen and oxygen atoms in total. The molecule has 0 bridgehead atoms. The predicted octanol–water partition coefficient (Wildman–Crippen LogP) is 5.46. The number of thiophene rings is 1. The molecule has 0 radical (unpaired) electrons. The van der Waals surface area contributed by atoms with E-state index in [4.69, 9.17) is 11.6 Å². The molecule has 0 unspecified atom stereocenters. The van der Waals surface area contributed by atoms with Crippen molar-refractivity contribution in [2.24, 2.45) is 0 Å². The number of carbonyl (C=O) groups excluding carboxylic acids is 1. The molecule has 1 amide bonds. The molecule has 1 heterocycles. The molecule has 3 rings (SSSR count). The van der Waals surface area contributed by atoms with Crippen LogP contribution >= 0.6 is 22.9 Å². The van der Waals surface area contributed by atoms with Gasteiger partial charge in [0.1, 0.15) is 5.82 Å². The zero-order chi connectivity index (χ0) is 15.5. The Morgan fingerprint density at radius 1 is 1.05 bits per heavy atom. The van der Waals surface area contributed by atoms with Gasteiger partial charge in [-0.15, -0.1) is 11.3 Å². The van der Waals surface area contributed by atoms with Crippen LogP contribution in [-0.4, -0.2) is 5.91 Å². The third-order valence-corrected chi connectivity index (χ3v) is 4.49. The van der Waals surface area contributed by atoms with Gasteiger partial charge in [-0.25, -0.2) is 4.39 Å². The van der Waals surface area contributed by atoms with Crippen molar-refractivity contribution in [2.75, 3.05) is 5.32 Å². The number of halogens is 2. The molecule has 0 saturated heterocycles. The summed E-state index contributed by atoms with van der Waals surface area (Å²) in [6.07, 6.45) is 0. The van der Waals surface area contributed by atoms with Crippen molar-refractivity contribution in [2.45, 2.75) is 0 Å². The van der Waals surface area contributed by atoms with Crippen LogP contribution in [0.3, 0.4) is 0 Å². The molecule has 0 aliphatic rings. The predicted molar refractivity (Wildman–Crippen MR) is 89.1 cm³/mol. The third kappa shape index (κ3) is 3.18. The van der Waals surface area contributed by atoms with Crippen LogP contribution < -0.4 is 5.32 Å². The van der Waals surface area contributed by atoms with Gasteiger partial charge in [0.15, 0.2) is 0 Å². The van der Waals surface area contributed by atoms with E-state index in [1.165, 1.54) is 29.5 Å². The second kappa shape index (κ2) is 6.30. The Kier molecular flexibility index (Phi) is 4.22. The molecule has 22 heavy (non-hydrogen) atoms. The van der Waals surface area contributed by atoms with E-state index < -0.39 is 5.82 Å². The summed E-state index contributed by atoms with van der Waals surface area (Å²) >= 11 is 7.11. The molecular weight excluding hydrogens is 321 g/mol. The minimum Gasteiger partial charge on any atom is -0.321 e. The number of amides is 1. The minimum absolute atomic E-state index is 0.0195. The highest BCUT2D eigenvalue weighted by Crippen LogP contribution is 2.28. The van der Waals surface area contributed by atoms with Crippen LogP contribution in [0.5, 0.6) is 0 Å². The van der Waals surface area contributed by atoms with Crippen molar-refractivity contribution in [1.82, 2.24) is 0 Å². The van der Waals surface area contributed by atoms with Gasteiger partial charge < -0.3 is 5.32 Å². The van der Waals surface area contributed by atoms with E-state index in [1.54, 1.807) is 6.07 Å². The van der Waals surface area contributed by atoms with Crippen molar-refractivity contribution < 1.29 is 9.18 Å². The van der Waals surface area contributed by atoms with Crippen LogP contribution in [0.15, 0.2) is 60.7 Å². The molecular formula is C17H11ClFNOS. The van der Waals surface area contributed by atoms with E-state index >= 15 is 0 Å². The van der Waals surface area contributed by atoms with Crippen LogP contribution in [0.4, 0.5) is 10.1 Å². The van der Waals surface area contributed by atoms with Gasteiger partial charge in [-0.2, -0.15) is 0 Å². The smallest absolute Gasteiger partial charge is 0.265 e. The molecule has 110 valence electrons. The summed E-state index contributed by atoms with van der Waals surface area (Å²) in [6.45, 7) is 0. The summed E-state index contributed by atoms with van der Waals surface area (Å²) in [5, 5.41) is 2.69. The third-order valence-electron chi connectivity index (χ3n) is 3.07. The zero-order valence-electron chi connectivity index (χ0n) is 11.3. The number of nitrogens with one attached hydrogen (secondary N) is 1. The highest BCUT2D eigenvalue weighted by molar-refractivity contribution is 7.17. The largest absolute Gasteiger partial charge is 0.321 e. The Hall–Kier alpha value is -2.17. The Morgan fingerprint density at radius 2 is 1.82 bits per heavy atom. The van der Waals surface area contributed by atoms with Gasteiger partial charge in [-0.05, 0) is 35.9 Å². The van der Waals surface area contributed by atoms with E-state index in [2.05, 4.69) is 5.32 Å². The van der Waals surface area contributed by atoms with Crippen molar-refractivity contribution >= 4 is 34.5 Å². The highest BCUT2D eigenvalue weighted by Gasteiger charge is 2.11. The molecule has 0 fully saturated rings. The van der Waals surface area contributed by atoms with Crippen molar-refractivity contribution in [1.29, 1.82) is 0 Å². The Balaban J connectivity index is 1.78. The van der Waals surface area contributed by atoms with E-state index in [1.807, 2.05) is 36.4 Å². The van der Waals surface area contributed by atoms with Crippen molar-refractivity contribution in [3.63, 3.8) is 0 Å². The fourth-order valence-corrected chi connectivity index (χ4v) is 3.07. The van der Waals surface area contributed by atoms with Gasteiger partial charge in [-0.3, -0.25) is 4.79 Å². The fraction of sp³-hybridized carbons (Fsp3) is 0. The molecule has 1 N–H and O–H groups in total. The van der Waals surface area contributed by atoms with Gasteiger partial charge in [0, 0.05) is 10.6 Å². The highest BCUT2D eigenvalue weighted by atomic mass is 35.5. The average molecular weight is 332 g/mol. The first-order chi connectivity index (χ1) is 10.6. The minimum atomic E-state index is -0.512. The molecule has 5 heteroatoms. The number of benzene rings is 2. The molecule has 0 aliphatic carbocycles. The summed E-state index contributed by atoms with van der Waals surface area (Å²) in [4.78, 5) is 13.8.